The molecule has 2 fully saturated rings. The standard InChI is InChI=1S/C16H20N2O3S/c19-16(14-10-18(11-14)22(20,21)15-5-6-15)17-8-7-12-3-1-2-4-13(12)9-17/h1-4,14-15H,5-11H2. The second kappa shape index (κ2) is 5.06. The highest BCUT2D eigenvalue weighted by Gasteiger charge is 2.47. The smallest absolute Gasteiger partial charge is 0.228 e. The van der Waals surface area contributed by atoms with Crippen LogP contribution in [0.4, 0.5) is 0 Å². The number of sulfonamides is 1. The number of nitrogens with zero attached hydrogens (tertiary/aromatic N) is 2. The lowest BCUT2D eigenvalue weighted by Gasteiger charge is -2.40. The maximum atomic E-state index is 12.6. The molecule has 0 atom stereocenters. The third-order valence-electron chi connectivity index (χ3n) is 4.95. The molecule has 1 aliphatic carbocycles. The number of hydrogen-bond acceptors (Lipinski definition) is 3. The molecular formula is C16H20N2O3S. The van der Waals surface area contributed by atoms with Crippen LogP contribution in [-0.4, -0.2) is 48.4 Å². The summed E-state index contributed by atoms with van der Waals surface area (Å²) in [6, 6.07) is 8.22. The highest BCUT2D eigenvalue weighted by atomic mass is 32.2. The van der Waals surface area contributed by atoms with Crippen molar-refractivity contribution in [3.05, 3.63) is 35.4 Å². The Kier molecular flexibility index (Phi) is 3.27. The quantitative estimate of drug-likeness (QED) is 0.835. The van der Waals surface area contributed by atoms with Gasteiger partial charge in [-0.3, -0.25) is 4.79 Å². The Labute approximate surface area is 131 Å². The van der Waals surface area contributed by atoms with Gasteiger partial charge in [0.05, 0.1) is 11.2 Å². The first-order valence-electron chi connectivity index (χ1n) is 7.90. The van der Waals surface area contributed by atoms with Gasteiger partial charge in [0, 0.05) is 26.2 Å². The second-order valence-electron chi connectivity index (χ2n) is 6.54. The molecule has 0 radical (unpaired) electrons. The fourth-order valence-corrected chi connectivity index (χ4v) is 5.25. The van der Waals surface area contributed by atoms with E-state index >= 15 is 0 Å². The first-order chi connectivity index (χ1) is 10.6. The van der Waals surface area contributed by atoms with Gasteiger partial charge in [-0.2, -0.15) is 4.31 Å². The third kappa shape index (κ3) is 2.34. The Bertz CT molecular complexity index is 706. The molecule has 5 nitrogen and oxygen atoms in total. The maximum Gasteiger partial charge on any atom is 0.228 e. The van der Waals surface area contributed by atoms with Crippen LogP contribution in [0.3, 0.4) is 0 Å². The number of carbonyl (C=O) groups is 1. The van der Waals surface area contributed by atoms with Crippen LogP contribution in [0.15, 0.2) is 24.3 Å². The Hall–Kier alpha value is -1.40. The Morgan fingerprint density at radius 3 is 2.45 bits per heavy atom. The molecule has 1 aromatic rings. The molecule has 1 saturated heterocycles. The van der Waals surface area contributed by atoms with Crippen LogP contribution in [0, 0.1) is 5.92 Å². The van der Waals surface area contributed by atoms with Crippen molar-refractivity contribution in [2.75, 3.05) is 19.6 Å². The molecule has 1 aromatic carbocycles. The predicted octanol–water partition coefficient (Wildman–Crippen LogP) is 0.995. The van der Waals surface area contributed by atoms with E-state index in [-0.39, 0.29) is 17.1 Å². The van der Waals surface area contributed by atoms with Gasteiger partial charge >= 0.3 is 0 Å². The topological polar surface area (TPSA) is 57.7 Å². The summed E-state index contributed by atoms with van der Waals surface area (Å²) in [5.41, 5.74) is 2.53. The molecule has 3 aliphatic rings. The van der Waals surface area contributed by atoms with Crippen LogP contribution >= 0.6 is 0 Å². The molecule has 0 N–H and O–H groups in total. The summed E-state index contributed by atoms with van der Waals surface area (Å²) in [5, 5.41) is -0.176. The van der Waals surface area contributed by atoms with Gasteiger partial charge in [0.25, 0.3) is 0 Å². The number of hydrogen-bond donors (Lipinski definition) is 0. The number of fused-ring (bicyclic) bond motifs is 1. The van der Waals surface area contributed by atoms with E-state index in [1.807, 2.05) is 17.0 Å². The number of amides is 1. The van der Waals surface area contributed by atoms with Gasteiger partial charge in [-0.15, -0.1) is 0 Å². The summed E-state index contributed by atoms with van der Waals surface area (Å²) in [5.74, 6) is -0.0458. The van der Waals surface area contributed by atoms with Crippen molar-refractivity contribution in [2.24, 2.45) is 5.92 Å². The zero-order chi connectivity index (χ0) is 15.3. The van der Waals surface area contributed by atoms with E-state index in [0.717, 1.165) is 25.8 Å². The molecule has 1 amide bonds. The molecule has 118 valence electrons. The molecule has 2 aliphatic heterocycles. The zero-order valence-corrected chi connectivity index (χ0v) is 13.3. The molecule has 2 heterocycles. The number of carbonyl (C=O) groups excluding carboxylic acids is 1. The van der Waals surface area contributed by atoms with Gasteiger partial charge < -0.3 is 4.90 Å². The van der Waals surface area contributed by atoms with Crippen molar-refractivity contribution in [3.63, 3.8) is 0 Å². The Balaban J connectivity index is 1.38. The molecule has 0 bridgehead atoms. The summed E-state index contributed by atoms with van der Waals surface area (Å²) in [6.07, 6.45) is 2.44. The van der Waals surface area contributed by atoms with E-state index in [0.29, 0.717) is 19.6 Å². The van der Waals surface area contributed by atoms with Crippen LogP contribution in [-0.2, 0) is 27.8 Å². The summed E-state index contributed by atoms with van der Waals surface area (Å²) >= 11 is 0. The van der Waals surface area contributed by atoms with Gasteiger partial charge in [-0.25, -0.2) is 8.42 Å². The minimum atomic E-state index is -3.11. The summed E-state index contributed by atoms with van der Waals surface area (Å²) in [6.45, 7) is 2.13. The normalized spacial score (nSPS) is 23.0. The maximum absolute atomic E-state index is 12.6. The van der Waals surface area contributed by atoms with E-state index in [9.17, 15) is 13.2 Å². The second-order valence-corrected chi connectivity index (χ2v) is 8.75. The van der Waals surface area contributed by atoms with E-state index in [1.54, 1.807) is 0 Å². The van der Waals surface area contributed by atoms with Gasteiger partial charge in [-0.1, -0.05) is 24.3 Å². The summed E-state index contributed by atoms with van der Waals surface area (Å²) in [4.78, 5) is 14.4. The van der Waals surface area contributed by atoms with Crippen molar-refractivity contribution < 1.29 is 13.2 Å². The lowest BCUT2D eigenvalue weighted by molar-refractivity contribution is -0.139. The van der Waals surface area contributed by atoms with Crippen LogP contribution < -0.4 is 0 Å². The largest absolute Gasteiger partial charge is 0.338 e. The first-order valence-corrected chi connectivity index (χ1v) is 9.40. The number of benzene rings is 1. The average Bonchev–Trinajstić information content (AvgIpc) is 3.29. The van der Waals surface area contributed by atoms with E-state index in [1.165, 1.54) is 15.4 Å². The van der Waals surface area contributed by atoms with E-state index < -0.39 is 10.0 Å². The minimum Gasteiger partial charge on any atom is -0.338 e. The SMILES string of the molecule is O=C(C1CN(S(=O)(=O)C2CC2)C1)N1CCc2ccccc2C1. The highest BCUT2D eigenvalue weighted by Crippen LogP contribution is 2.35. The monoisotopic (exact) mass is 320 g/mol. The van der Waals surface area contributed by atoms with Gasteiger partial charge in [0.1, 0.15) is 0 Å². The summed E-state index contributed by atoms with van der Waals surface area (Å²) < 4.78 is 25.7. The number of rotatable bonds is 3. The average molecular weight is 320 g/mol. The predicted molar refractivity (Wildman–Crippen MR) is 82.6 cm³/mol. The van der Waals surface area contributed by atoms with Crippen molar-refractivity contribution in [3.8, 4) is 0 Å². The van der Waals surface area contributed by atoms with Gasteiger partial charge in [-0.05, 0) is 30.4 Å². The van der Waals surface area contributed by atoms with E-state index in [2.05, 4.69) is 12.1 Å². The van der Waals surface area contributed by atoms with E-state index in [4.69, 9.17) is 0 Å². The highest BCUT2D eigenvalue weighted by molar-refractivity contribution is 7.90. The molecule has 22 heavy (non-hydrogen) atoms. The van der Waals surface area contributed by atoms with Crippen molar-refractivity contribution in [1.29, 1.82) is 0 Å². The molecule has 0 aromatic heterocycles. The van der Waals surface area contributed by atoms with Crippen molar-refractivity contribution in [2.45, 2.75) is 31.1 Å². The molecule has 0 spiro atoms. The molecule has 4 rings (SSSR count). The summed E-state index contributed by atoms with van der Waals surface area (Å²) in [7, 11) is -3.11. The van der Waals surface area contributed by atoms with Gasteiger partial charge in [0.15, 0.2) is 0 Å². The lowest BCUT2D eigenvalue weighted by Crippen LogP contribution is -2.57. The van der Waals surface area contributed by atoms with Gasteiger partial charge in [0.2, 0.25) is 15.9 Å². The molecule has 6 heteroatoms. The zero-order valence-electron chi connectivity index (χ0n) is 12.4. The Morgan fingerprint density at radius 2 is 1.77 bits per heavy atom. The Morgan fingerprint density at radius 1 is 1.09 bits per heavy atom. The van der Waals surface area contributed by atoms with Crippen LogP contribution in [0.1, 0.15) is 24.0 Å². The molecule has 0 unspecified atom stereocenters. The van der Waals surface area contributed by atoms with Crippen LogP contribution in [0.2, 0.25) is 0 Å². The fourth-order valence-electron chi connectivity index (χ4n) is 3.32. The lowest BCUT2D eigenvalue weighted by atomic mass is 9.96. The van der Waals surface area contributed by atoms with Crippen molar-refractivity contribution in [1.82, 2.24) is 9.21 Å². The fraction of sp³-hybridized carbons (Fsp3) is 0.562. The molecular weight excluding hydrogens is 300 g/mol. The first kappa shape index (κ1) is 14.2. The molecule has 1 saturated carbocycles. The van der Waals surface area contributed by atoms with Crippen LogP contribution in [0.5, 0.6) is 0 Å². The third-order valence-corrected chi connectivity index (χ3v) is 7.28. The minimum absolute atomic E-state index is 0.108. The van der Waals surface area contributed by atoms with Crippen molar-refractivity contribution >= 4 is 15.9 Å². The van der Waals surface area contributed by atoms with Crippen LogP contribution in [0.25, 0.3) is 0 Å².